The molecule has 15 nitrogen and oxygen atoms in total. The summed E-state index contributed by atoms with van der Waals surface area (Å²) < 4.78 is 69.2. The molecule has 772 valence electrons. The molecule has 2 radical (unpaired) electrons. The van der Waals surface area contributed by atoms with Gasteiger partial charge in [-0.2, -0.15) is 20.8 Å². The van der Waals surface area contributed by atoms with Gasteiger partial charge in [-0.3, -0.25) is 28.8 Å². The average Bonchev–Trinajstić information content (AvgIpc) is 0.754. The Bertz CT molecular complexity index is 4010. The van der Waals surface area contributed by atoms with Crippen molar-refractivity contribution in [1.82, 2.24) is 0 Å². The molecule has 4 aromatic rings. The van der Waals surface area contributed by atoms with Crippen LogP contribution < -0.4 is 40.6 Å². The third kappa shape index (κ3) is 57.1. The van der Waals surface area contributed by atoms with E-state index in [0.717, 1.165) is 0 Å². The number of hydrogen-bond donors (Lipinski definition) is 0. The molecule has 1 aliphatic rings. The summed E-state index contributed by atoms with van der Waals surface area (Å²) in [5.41, 5.74) is 2.10. The van der Waals surface area contributed by atoms with Crippen molar-refractivity contribution < 1.29 is 68.2 Å². The van der Waals surface area contributed by atoms with Crippen LogP contribution in [0.5, 0.6) is 0 Å². The number of halogens is 4. The van der Waals surface area contributed by atoms with Crippen LogP contribution in [-0.4, -0.2) is 129 Å². The van der Waals surface area contributed by atoms with E-state index in [1.54, 1.807) is 54.3 Å². The molecular formula is C106H196Br3ClLi2O15Si5Sn3. The van der Waals surface area contributed by atoms with Gasteiger partial charge >= 0.3 is 302 Å². The predicted octanol–water partition coefficient (Wildman–Crippen LogP) is 32.7. The molecule has 0 spiro atoms. The van der Waals surface area contributed by atoms with Crippen molar-refractivity contribution in [1.29, 1.82) is 0 Å². The number of rotatable bonds is 43. The number of ketones is 2. The van der Waals surface area contributed by atoms with E-state index < -0.39 is 98.4 Å². The smallest absolute Gasteiger partial charge is 0.451 e. The summed E-state index contributed by atoms with van der Waals surface area (Å²) in [6.45, 7) is 90.4. The zero-order valence-electron chi connectivity index (χ0n) is 94.7. The van der Waals surface area contributed by atoms with Gasteiger partial charge in [-0.1, -0.05) is 111 Å². The molecule has 4 aromatic heterocycles. The minimum Gasteiger partial charge on any atom is -0.451 e. The predicted molar refractivity (Wildman–Crippen MR) is 611 cm³/mol. The van der Waals surface area contributed by atoms with E-state index in [0.29, 0.717) is 85.6 Å². The van der Waals surface area contributed by atoms with E-state index in [4.69, 9.17) is 48.7 Å². The first-order valence-electron chi connectivity index (χ1n) is 50.6. The van der Waals surface area contributed by atoms with Crippen LogP contribution >= 0.6 is 56.7 Å². The van der Waals surface area contributed by atoms with E-state index in [1.807, 2.05) is 20.0 Å². The van der Waals surface area contributed by atoms with E-state index >= 15 is 0 Å². The van der Waals surface area contributed by atoms with Crippen LogP contribution in [0, 0.1) is 33.6 Å². The van der Waals surface area contributed by atoms with Gasteiger partial charge in [0, 0.05) is 71.0 Å². The second kappa shape index (κ2) is 70.6. The molecule has 0 fully saturated rings. The van der Waals surface area contributed by atoms with Crippen molar-refractivity contribution in [3.05, 3.63) is 154 Å². The maximum atomic E-state index is 13.5. The van der Waals surface area contributed by atoms with E-state index in [-0.39, 0.29) is 125 Å². The minimum absolute atomic E-state index is 0. The van der Waals surface area contributed by atoms with Crippen molar-refractivity contribution in [2.45, 2.75) is 501 Å². The summed E-state index contributed by atoms with van der Waals surface area (Å²) in [7, 11) is -3.14. The van der Waals surface area contributed by atoms with Gasteiger partial charge in [-0.05, 0) is 179 Å². The standard InChI is InChI=1S/C27H42O6Si2.3C13H21BrO3Si.10C4H9.ClH.2Li.3Sn.H/c1-13-18-14-21(29)25(33-35(11,12)27(6,7)8)22(23(18)30)24-17(2)20(28)15-19(32-24)16-31-34(9,10)26(3,4)5;3*1-9-11(15)7-10(17-12(9)14)8-16-18(5,6)13(2,3)4;1-4(2)3;9*1-3-4-2;;;;;;;/h14-15H,13,16H2,1-12H3;3*7H,8H2,1-6H3;1-3H3;9*1,3-4H2,2H3;1H;;;;;;/q;;;;-1;;;;;;;;;;;;+1;;;+1;/p-1. The summed E-state index contributed by atoms with van der Waals surface area (Å²) in [6.07, 6.45) is 27.6. The zero-order chi connectivity index (χ0) is 104. The third-order valence-electron chi connectivity index (χ3n) is 26.8. The molecule has 29 heteroatoms. The maximum Gasteiger partial charge on any atom is 1.00 e. The van der Waals surface area contributed by atoms with E-state index in [1.165, 1.54) is 165 Å². The fourth-order valence-corrected chi connectivity index (χ4v) is 51.4. The Hall–Kier alpha value is 0.665. The number of unbranched alkanes of at least 4 members (excludes halogenated alkanes) is 9. The second-order valence-electron chi connectivity index (χ2n) is 44.8. The summed E-state index contributed by atoms with van der Waals surface area (Å²) in [6, 6.07) is 5.93. The van der Waals surface area contributed by atoms with Crippen molar-refractivity contribution in [3.63, 3.8) is 0 Å². The molecule has 0 saturated carbocycles. The topological polar surface area (TPSA) is 201 Å². The molecule has 0 aliphatic heterocycles. The average molecular weight is 2500 g/mol. The maximum absolute atomic E-state index is 13.5. The van der Waals surface area contributed by atoms with Gasteiger partial charge in [0.25, 0.3) is 8.32 Å². The molecule has 0 saturated heterocycles. The molecule has 135 heavy (non-hydrogen) atoms. The number of allylic oxidation sites excluding steroid dienone is 3. The van der Waals surface area contributed by atoms with Crippen LogP contribution in [0.2, 0.25) is 131 Å². The molecule has 0 N–H and O–H groups in total. The largest absolute Gasteiger partial charge is 1.00 e. The van der Waals surface area contributed by atoms with Gasteiger partial charge < -0.3 is 45.7 Å². The van der Waals surface area contributed by atoms with Gasteiger partial charge in [-0.25, -0.2) is 0 Å². The van der Waals surface area contributed by atoms with Gasteiger partial charge in [-0.15, -0.1) is 0 Å². The van der Waals surface area contributed by atoms with E-state index in [2.05, 4.69) is 287 Å². The zero-order valence-corrected chi connectivity index (χ0v) is 114. The summed E-state index contributed by atoms with van der Waals surface area (Å²) >= 11 is 5.84. The van der Waals surface area contributed by atoms with E-state index in [9.17, 15) is 28.8 Å². The molecule has 0 bridgehead atoms. The molecule has 0 unspecified atom stereocenters. The normalized spacial score (nSPS) is 12.9. The minimum atomic E-state index is -2.48. The van der Waals surface area contributed by atoms with Gasteiger partial charge in [0.15, 0.2) is 80.5 Å². The van der Waals surface area contributed by atoms with Crippen LogP contribution in [0.3, 0.4) is 0 Å². The van der Waals surface area contributed by atoms with Crippen molar-refractivity contribution in [2.24, 2.45) is 0 Å². The molecule has 1 aliphatic carbocycles. The Morgan fingerprint density at radius 3 is 0.852 bits per heavy atom. The summed E-state index contributed by atoms with van der Waals surface area (Å²) in [4.78, 5) is 74.6. The quantitative estimate of drug-likeness (QED) is 0.0230. The molecular weight excluding hydrogens is 2300 g/mol. The number of hydrogen-bond acceptors (Lipinski definition) is 15. The van der Waals surface area contributed by atoms with Crippen LogP contribution in [0.1, 0.15) is 367 Å². The Morgan fingerprint density at radius 1 is 0.393 bits per heavy atom. The number of Topliss-reactive ketones (excluding diaryl/α,β-unsaturated/α-hetero) is 1. The van der Waals surface area contributed by atoms with Crippen LogP contribution in [0.15, 0.2) is 92.5 Å². The second-order valence-corrected chi connectivity index (χ2v) is 106. The molecule has 0 amide bonds. The molecule has 4 heterocycles. The van der Waals surface area contributed by atoms with Crippen LogP contribution in [-0.2, 0) is 58.1 Å². The fraction of sp³-hybridized carbons (Fsp3) is 0.745. The Kier molecular flexibility index (Phi) is 75.3. The monoisotopic (exact) mass is 2490 g/mol. The van der Waals surface area contributed by atoms with Crippen molar-refractivity contribution in [2.75, 3.05) is 0 Å². The van der Waals surface area contributed by atoms with Crippen molar-refractivity contribution in [3.8, 4) is 0 Å². The summed E-state index contributed by atoms with van der Waals surface area (Å²) in [5.74, 6) is 2.82. The van der Waals surface area contributed by atoms with Crippen molar-refractivity contribution >= 4 is 191 Å². The SMILES string of the molecule is CCC1=CC(=O)C(O[Si](C)(C)C(C)(C)C)=C(c2oc(CO[Si](C)(C)C(C)(C)C)cc(=O)c2C)C1=O.CCC[CH2][SnH]([CH2]CCC)[CH2]CCC.CCC[CH2][Sn]([CH2]CCC)[CH2]CCC.CCC[CH2][Sn]([Cl])([CH2]CCC)[CH2]CCC.C[C-](C)C.Cc1c(Br)oc(CO[Si](C)(C)C(C)(C)C)cc1=O.Cc1c(Br)oc(CO[Si](C)(C)C(C)(C)C)cc1=O.Cc1c(Br)oc(CO[Si](C)(C)C(C)(C)C)cc1=O.[Li+].[Li]. The first-order valence-corrected chi connectivity index (χ1v) is 90.2. The first-order chi connectivity index (χ1) is 61.0. The molecule has 0 aromatic carbocycles. The van der Waals surface area contributed by atoms with Crippen LogP contribution in [0.25, 0.3) is 5.57 Å². The van der Waals surface area contributed by atoms with Gasteiger partial charge in [0.1, 0.15) is 34.4 Å². The Labute approximate surface area is 903 Å². The first kappa shape index (κ1) is 144. The number of carbonyl (C=O) groups is 2. The fourth-order valence-electron chi connectivity index (χ4n) is 11.8. The molecule has 0 atom stereocenters. The Balaban J connectivity index is -0.000000498. The summed E-state index contributed by atoms with van der Waals surface area (Å²) in [5, 5.41) is 0.234. The molecule has 5 rings (SSSR count). The Morgan fingerprint density at radius 2 is 0.630 bits per heavy atom. The third-order valence-corrected chi connectivity index (χ3v) is 85.4. The van der Waals surface area contributed by atoms with Crippen LogP contribution in [0.4, 0.5) is 0 Å². The van der Waals surface area contributed by atoms with Gasteiger partial charge in [0.2, 0.25) is 5.78 Å². The number of carbonyl (C=O) groups excluding carboxylic acids is 2. The van der Waals surface area contributed by atoms with Gasteiger partial charge in [0.05, 0.1) is 26.4 Å².